The van der Waals surface area contributed by atoms with Crippen LogP contribution in [0.25, 0.3) is 44.2 Å². The molecule has 0 bridgehead atoms. The van der Waals surface area contributed by atoms with Crippen LogP contribution in [0.5, 0.6) is 0 Å². The largest absolute Gasteiger partial charge is 0.307 e. The molecule has 2 nitrogen and oxygen atoms in total. The Hall–Kier alpha value is -2.82. The molecule has 0 saturated heterocycles. The van der Waals surface area contributed by atoms with Crippen molar-refractivity contribution in [2.24, 2.45) is 0 Å². The van der Waals surface area contributed by atoms with Gasteiger partial charge in [0.15, 0.2) is 0 Å². The first-order chi connectivity index (χ1) is 14.7. The van der Waals surface area contributed by atoms with Crippen LogP contribution in [0, 0.1) is 0 Å². The second-order valence-corrected chi connectivity index (χ2v) is 9.19. The molecule has 4 aromatic carbocycles. The molecule has 6 rings (SSSR count). The number of rotatable bonds is 2. The molecule has 0 aliphatic rings. The Balaban J connectivity index is 1.92. The van der Waals surface area contributed by atoms with Gasteiger partial charge in [-0.3, -0.25) is 0 Å². The highest BCUT2D eigenvalue weighted by molar-refractivity contribution is 9.10. The van der Waals surface area contributed by atoms with E-state index in [1.807, 2.05) is 0 Å². The minimum Gasteiger partial charge on any atom is -0.307 e. The van der Waals surface area contributed by atoms with Crippen LogP contribution in [0.2, 0.25) is 0 Å². The van der Waals surface area contributed by atoms with E-state index in [0.717, 1.165) is 20.3 Å². The van der Waals surface area contributed by atoms with Gasteiger partial charge in [0.2, 0.25) is 0 Å². The van der Waals surface area contributed by atoms with Crippen LogP contribution in [0.15, 0.2) is 106 Å². The second-order valence-electron chi connectivity index (χ2n) is 7.36. The molecule has 4 heteroatoms. The molecule has 0 fully saturated rings. The lowest BCUT2D eigenvalue weighted by Crippen LogP contribution is -1.93. The highest BCUT2D eigenvalue weighted by atomic mass is 79.9. The van der Waals surface area contributed by atoms with Crippen molar-refractivity contribution < 1.29 is 0 Å². The molecule has 0 unspecified atom stereocenters. The number of nitrogens with zero attached hydrogens (tertiary/aromatic N) is 2. The molecule has 6 aromatic rings. The Morgan fingerprint density at radius 1 is 0.467 bits per heavy atom. The van der Waals surface area contributed by atoms with Crippen molar-refractivity contribution in [2.45, 2.75) is 0 Å². The minimum absolute atomic E-state index is 1.07. The van der Waals surface area contributed by atoms with E-state index in [9.17, 15) is 0 Å². The Morgan fingerprint density at radius 2 is 1.00 bits per heavy atom. The van der Waals surface area contributed by atoms with E-state index in [1.165, 1.54) is 32.8 Å². The van der Waals surface area contributed by atoms with Crippen LogP contribution < -0.4 is 0 Å². The number of para-hydroxylation sites is 2. The highest BCUT2D eigenvalue weighted by Crippen LogP contribution is 2.41. The van der Waals surface area contributed by atoms with Crippen molar-refractivity contribution in [1.82, 2.24) is 9.13 Å². The summed E-state index contributed by atoms with van der Waals surface area (Å²) in [5.74, 6) is 0. The van der Waals surface area contributed by atoms with E-state index in [0.29, 0.717) is 0 Å². The lowest BCUT2D eigenvalue weighted by Gasteiger charge is -2.09. The fraction of sp³-hybridized carbons (Fsp3) is 0. The molecule has 0 aliphatic heterocycles. The van der Waals surface area contributed by atoms with E-state index in [-0.39, 0.29) is 0 Å². The zero-order valence-electron chi connectivity index (χ0n) is 15.9. The number of aromatic nitrogens is 2. The molecule has 30 heavy (non-hydrogen) atoms. The second kappa shape index (κ2) is 6.86. The monoisotopic (exact) mass is 514 g/mol. The minimum atomic E-state index is 1.07. The van der Waals surface area contributed by atoms with Crippen LogP contribution >= 0.6 is 31.9 Å². The van der Waals surface area contributed by atoms with Crippen molar-refractivity contribution in [3.63, 3.8) is 0 Å². The Bertz CT molecular complexity index is 1540. The third-order valence-corrected chi connectivity index (χ3v) is 6.60. The van der Waals surface area contributed by atoms with E-state index in [1.54, 1.807) is 0 Å². The van der Waals surface area contributed by atoms with Crippen LogP contribution in [0.4, 0.5) is 0 Å². The topological polar surface area (TPSA) is 9.86 Å². The van der Waals surface area contributed by atoms with Gasteiger partial charge < -0.3 is 9.13 Å². The maximum Gasteiger partial charge on any atom is 0.0804 e. The molecule has 0 atom stereocenters. The van der Waals surface area contributed by atoms with Crippen LogP contribution in [-0.2, 0) is 0 Å². The normalized spacial score (nSPS) is 11.7. The van der Waals surface area contributed by atoms with Gasteiger partial charge in [-0.1, -0.05) is 68.3 Å². The van der Waals surface area contributed by atoms with Gasteiger partial charge in [0.25, 0.3) is 0 Å². The van der Waals surface area contributed by atoms with E-state index in [2.05, 4.69) is 138 Å². The van der Waals surface area contributed by atoms with Gasteiger partial charge >= 0.3 is 0 Å². The van der Waals surface area contributed by atoms with Gasteiger partial charge in [-0.25, -0.2) is 0 Å². The van der Waals surface area contributed by atoms with E-state index >= 15 is 0 Å². The van der Waals surface area contributed by atoms with Gasteiger partial charge in [-0.2, -0.15) is 0 Å². The number of benzene rings is 4. The predicted octanol–water partition coefficient (Wildman–Crippen LogP) is 8.25. The summed E-state index contributed by atoms with van der Waals surface area (Å²) in [6.07, 6.45) is 0. The first-order valence-corrected chi connectivity index (χ1v) is 11.4. The summed E-state index contributed by atoms with van der Waals surface area (Å²) < 4.78 is 6.91. The maximum absolute atomic E-state index is 3.69. The Labute approximate surface area is 190 Å². The average molecular weight is 516 g/mol. The summed E-state index contributed by atoms with van der Waals surface area (Å²) >= 11 is 7.38. The molecule has 0 N–H and O–H groups in total. The van der Waals surface area contributed by atoms with Gasteiger partial charge in [0, 0.05) is 31.1 Å². The standard InChI is InChI=1S/C26H16Br2N2/c27-17-12-14-23-22(15-17)26-25(29(23)19-7-3-1-4-8-19)21-13-11-18(28)16-24(21)30(26)20-9-5-2-6-10-20/h1-16H. The number of halogens is 2. The predicted molar refractivity (Wildman–Crippen MR) is 133 cm³/mol. The van der Waals surface area contributed by atoms with Gasteiger partial charge in [-0.05, 0) is 60.7 Å². The summed E-state index contributed by atoms with van der Waals surface area (Å²) in [6.45, 7) is 0. The van der Waals surface area contributed by atoms with Gasteiger partial charge in [-0.15, -0.1) is 0 Å². The summed E-state index contributed by atoms with van der Waals surface area (Å²) in [4.78, 5) is 0. The summed E-state index contributed by atoms with van der Waals surface area (Å²) in [5.41, 5.74) is 7.14. The molecule has 2 aromatic heterocycles. The first kappa shape index (κ1) is 18.0. The molecule has 0 aliphatic carbocycles. The molecular weight excluding hydrogens is 500 g/mol. The zero-order valence-corrected chi connectivity index (χ0v) is 19.1. The molecule has 0 spiro atoms. The summed E-state index contributed by atoms with van der Waals surface area (Å²) in [5, 5.41) is 2.45. The van der Waals surface area contributed by atoms with Crippen molar-refractivity contribution >= 4 is 64.7 Å². The maximum atomic E-state index is 3.69. The van der Waals surface area contributed by atoms with Crippen LogP contribution in [0.1, 0.15) is 0 Å². The van der Waals surface area contributed by atoms with Crippen molar-refractivity contribution in [3.05, 3.63) is 106 Å². The fourth-order valence-corrected chi connectivity index (χ4v) is 5.13. The molecule has 2 heterocycles. The number of fused-ring (bicyclic) bond motifs is 5. The molecule has 144 valence electrons. The molecule has 0 saturated carbocycles. The fourth-order valence-electron chi connectivity index (χ4n) is 4.42. The quantitative estimate of drug-likeness (QED) is 0.219. The average Bonchev–Trinajstić information content (AvgIpc) is 3.26. The van der Waals surface area contributed by atoms with Crippen LogP contribution in [0.3, 0.4) is 0 Å². The van der Waals surface area contributed by atoms with Crippen LogP contribution in [-0.4, -0.2) is 9.13 Å². The first-order valence-electron chi connectivity index (χ1n) is 9.77. The third kappa shape index (κ3) is 2.60. The van der Waals surface area contributed by atoms with Crippen molar-refractivity contribution in [3.8, 4) is 11.4 Å². The Kier molecular flexibility index (Phi) is 4.12. The Morgan fingerprint density at radius 3 is 1.67 bits per heavy atom. The number of hydrogen-bond donors (Lipinski definition) is 0. The van der Waals surface area contributed by atoms with Gasteiger partial charge in [0.1, 0.15) is 0 Å². The lowest BCUT2D eigenvalue weighted by molar-refractivity contribution is 1.17. The lowest BCUT2D eigenvalue weighted by atomic mass is 10.2. The summed E-state index contributed by atoms with van der Waals surface area (Å²) in [7, 11) is 0. The molecule has 0 radical (unpaired) electrons. The SMILES string of the molecule is Brc1ccc2c(c1)c1c(c3ccc(Br)cc3n1-c1ccccc1)n2-c1ccccc1. The number of hydrogen-bond acceptors (Lipinski definition) is 0. The van der Waals surface area contributed by atoms with Crippen molar-refractivity contribution in [2.75, 3.05) is 0 Å². The summed E-state index contributed by atoms with van der Waals surface area (Å²) in [6, 6.07) is 34.3. The third-order valence-electron chi connectivity index (χ3n) is 5.61. The zero-order chi connectivity index (χ0) is 20.2. The molecular formula is C26H16Br2N2. The van der Waals surface area contributed by atoms with E-state index < -0.39 is 0 Å². The van der Waals surface area contributed by atoms with Crippen molar-refractivity contribution in [1.29, 1.82) is 0 Å². The highest BCUT2D eigenvalue weighted by Gasteiger charge is 2.22. The van der Waals surface area contributed by atoms with Gasteiger partial charge in [0.05, 0.1) is 22.1 Å². The molecule has 0 amide bonds. The van der Waals surface area contributed by atoms with E-state index in [4.69, 9.17) is 0 Å². The smallest absolute Gasteiger partial charge is 0.0804 e.